The third kappa shape index (κ3) is 10.6. The Hall–Kier alpha value is -4.21. The highest BCUT2D eigenvalue weighted by Gasteiger charge is 2.18. The van der Waals surface area contributed by atoms with Crippen LogP contribution in [0.5, 0.6) is 5.75 Å². The highest BCUT2D eigenvalue weighted by atomic mass is 32.2. The quantitative estimate of drug-likeness (QED) is 0.0890. The van der Waals surface area contributed by atoms with Crippen LogP contribution in [0.3, 0.4) is 0 Å². The van der Waals surface area contributed by atoms with E-state index in [-0.39, 0.29) is 5.91 Å². The van der Waals surface area contributed by atoms with E-state index in [1.54, 1.807) is 30.7 Å². The van der Waals surface area contributed by atoms with Gasteiger partial charge in [-0.25, -0.2) is 4.98 Å². The Morgan fingerprint density at radius 1 is 0.959 bits per heavy atom. The second-order valence-corrected chi connectivity index (χ2v) is 14.1. The standard InChI is InChI=1S/C40H50N4O4S/c1-4-6-24-47-25-26-48-37-13-7-32(8-14-37)33-9-17-39(43-22-19-31(3)20-23-43)34(27-33)10-18-40(45)42-35-11-15-38(16-12-35)49(46)29-36-28-41-30-44(36)21-5-2/h7-18,27-28,30-31H,4-6,19-26,29H2,1-3H3,(H,42,45)/t49-/m0/s1. The molecular weight excluding hydrogens is 633 g/mol. The molecule has 0 saturated carbocycles. The number of piperidine rings is 1. The molecule has 4 aromatic rings. The van der Waals surface area contributed by atoms with Gasteiger partial charge < -0.3 is 24.3 Å². The largest absolute Gasteiger partial charge is 0.491 e. The molecule has 1 aliphatic heterocycles. The second kappa shape index (κ2) is 18.5. The zero-order valence-corrected chi connectivity index (χ0v) is 29.9. The van der Waals surface area contributed by atoms with Crippen LogP contribution in [0.4, 0.5) is 11.4 Å². The Morgan fingerprint density at radius 2 is 1.71 bits per heavy atom. The molecule has 1 aromatic heterocycles. The van der Waals surface area contributed by atoms with Gasteiger partial charge in [-0.05, 0) is 103 Å². The summed E-state index contributed by atoms with van der Waals surface area (Å²) in [5.41, 5.74) is 5.90. The van der Waals surface area contributed by atoms with Gasteiger partial charge >= 0.3 is 0 Å². The van der Waals surface area contributed by atoms with E-state index in [0.29, 0.717) is 29.5 Å². The molecular formula is C40H50N4O4S. The maximum absolute atomic E-state index is 13.1. The molecule has 5 rings (SSSR count). The number of imidazole rings is 1. The van der Waals surface area contributed by atoms with Crippen LogP contribution in [0.2, 0.25) is 0 Å². The van der Waals surface area contributed by atoms with Gasteiger partial charge in [-0.15, -0.1) is 0 Å². The van der Waals surface area contributed by atoms with Crippen LogP contribution in [0, 0.1) is 5.92 Å². The lowest BCUT2D eigenvalue weighted by atomic mass is 9.96. The summed E-state index contributed by atoms with van der Waals surface area (Å²) in [6.07, 6.45) is 12.6. The van der Waals surface area contributed by atoms with Crippen LogP contribution >= 0.6 is 0 Å². The molecule has 0 aliphatic carbocycles. The lowest BCUT2D eigenvalue weighted by Gasteiger charge is -2.33. The van der Waals surface area contributed by atoms with Crippen molar-refractivity contribution >= 4 is 34.2 Å². The minimum Gasteiger partial charge on any atom is -0.491 e. The van der Waals surface area contributed by atoms with E-state index in [1.807, 2.05) is 34.9 Å². The van der Waals surface area contributed by atoms with E-state index in [9.17, 15) is 9.00 Å². The number of aromatic nitrogens is 2. The molecule has 260 valence electrons. The molecule has 1 aliphatic rings. The van der Waals surface area contributed by atoms with Crippen LogP contribution in [-0.4, -0.2) is 52.6 Å². The van der Waals surface area contributed by atoms with Gasteiger partial charge in [-0.2, -0.15) is 0 Å². The monoisotopic (exact) mass is 682 g/mol. The van der Waals surface area contributed by atoms with E-state index in [4.69, 9.17) is 9.47 Å². The topological polar surface area (TPSA) is 85.7 Å². The number of hydrogen-bond donors (Lipinski definition) is 1. The Bertz CT molecular complexity index is 1680. The number of unbranched alkanes of at least 4 members (excludes halogenated alkanes) is 1. The summed E-state index contributed by atoms with van der Waals surface area (Å²) >= 11 is 0. The first-order valence-electron chi connectivity index (χ1n) is 17.6. The van der Waals surface area contributed by atoms with Crippen LogP contribution in [0.1, 0.15) is 64.1 Å². The van der Waals surface area contributed by atoms with Gasteiger partial charge in [0, 0.05) is 54.8 Å². The number of ether oxygens (including phenoxy) is 2. The Morgan fingerprint density at radius 3 is 2.45 bits per heavy atom. The summed E-state index contributed by atoms with van der Waals surface area (Å²) < 4.78 is 26.5. The summed E-state index contributed by atoms with van der Waals surface area (Å²) in [6, 6.07) is 21.8. The van der Waals surface area contributed by atoms with Gasteiger partial charge in [-0.3, -0.25) is 9.00 Å². The third-order valence-corrected chi connectivity index (χ3v) is 10.2. The number of nitrogens with one attached hydrogen (secondary N) is 1. The van der Waals surface area contributed by atoms with Gasteiger partial charge in [0.2, 0.25) is 5.91 Å². The first-order chi connectivity index (χ1) is 23.9. The average molecular weight is 683 g/mol. The maximum Gasteiger partial charge on any atom is 0.248 e. The highest BCUT2D eigenvalue weighted by molar-refractivity contribution is 7.84. The Kier molecular flexibility index (Phi) is 13.6. The fraction of sp³-hybridized carbons (Fsp3) is 0.400. The fourth-order valence-corrected chi connectivity index (χ4v) is 7.00. The Balaban J connectivity index is 1.24. The molecule has 0 bridgehead atoms. The van der Waals surface area contributed by atoms with Crippen LogP contribution in [-0.2, 0) is 32.6 Å². The lowest BCUT2D eigenvalue weighted by Crippen LogP contribution is -2.33. The summed E-state index contributed by atoms with van der Waals surface area (Å²) in [5.74, 6) is 1.72. The molecule has 1 saturated heterocycles. The molecule has 9 heteroatoms. The normalized spacial score (nSPS) is 14.3. The maximum atomic E-state index is 13.1. The zero-order valence-electron chi connectivity index (χ0n) is 29.1. The fourth-order valence-electron chi connectivity index (χ4n) is 5.88. The minimum atomic E-state index is -1.21. The number of benzene rings is 3. The van der Waals surface area contributed by atoms with Crippen molar-refractivity contribution in [1.82, 2.24) is 9.55 Å². The van der Waals surface area contributed by atoms with Crippen molar-refractivity contribution in [1.29, 1.82) is 0 Å². The van der Waals surface area contributed by atoms with Gasteiger partial charge in [0.25, 0.3) is 0 Å². The molecule has 3 aromatic carbocycles. The summed E-state index contributed by atoms with van der Waals surface area (Å²) in [7, 11) is -1.21. The molecule has 0 spiro atoms. The van der Waals surface area contributed by atoms with Crippen LogP contribution < -0.4 is 15.0 Å². The number of nitrogens with zero attached hydrogens (tertiary/aromatic N) is 3. The number of carbonyl (C=O) groups excluding carboxylic acids is 1. The van der Waals surface area contributed by atoms with Crippen molar-refractivity contribution in [2.45, 2.75) is 70.1 Å². The smallest absolute Gasteiger partial charge is 0.248 e. The Labute approximate surface area is 294 Å². The van der Waals surface area contributed by atoms with Crippen molar-refractivity contribution in [2.24, 2.45) is 5.92 Å². The molecule has 1 fully saturated rings. The number of amides is 1. The predicted octanol–water partition coefficient (Wildman–Crippen LogP) is 8.35. The molecule has 2 heterocycles. The number of aryl methyl sites for hydroxylation is 1. The summed E-state index contributed by atoms with van der Waals surface area (Å²) in [6.45, 7) is 11.3. The van der Waals surface area contributed by atoms with Crippen molar-refractivity contribution in [3.63, 3.8) is 0 Å². The SMILES string of the molecule is CCCCOCCOc1ccc(-c2ccc(N3CCC(C)CC3)c(C=CC(=O)Nc3ccc([S@@](=O)Cc4cncn4CCC)cc3)c2)cc1. The molecule has 0 unspecified atom stereocenters. The van der Waals surface area contributed by atoms with E-state index >= 15 is 0 Å². The first-order valence-corrected chi connectivity index (χ1v) is 18.9. The van der Waals surface area contributed by atoms with Gasteiger partial charge in [0.15, 0.2) is 0 Å². The lowest BCUT2D eigenvalue weighted by molar-refractivity contribution is -0.111. The van der Waals surface area contributed by atoms with Crippen LogP contribution in [0.25, 0.3) is 17.2 Å². The molecule has 8 nitrogen and oxygen atoms in total. The molecule has 0 radical (unpaired) electrons. The van der Waals surface area contributed by atoms with E-state index < -0.39 is 10.8 Å². The molecule has 49 heavy (non-hydrogen) atoms. The van der Waals surface area contributed by atoms with Crippen LogP contribution in [0.15, 0.2) is 90.2 Å². The number of anilines is 2. The average Bonchev–Trinajstić information content (AvgIpc) is 3.56. The van der Waals surface area contributed by atoms with Gasteiger partial charge in [0.05, 0.1) is 35.2 Å². The van der Waals surface area contributed by atoms with E-state index in [0.717, 1.165) is 98.1 Å². The third-order valence-electron chi connectivity index (χ3n) is 8.82. The second-order valence-electron chi connectivity index (χ2n) is 12.7. The van der Waals surface area contributed by atoms with Crippen molar-refractivity contribution in [3.05, 3.63) is 96.6 Å². The van der Waals surface area contributed by atoms with Crippen molar-refractivity contribution in [2.75, 3.05) is 43.1 Å². The zero-order chi connectivity index (χ0) is 34.4. The summed E-state index contributed by atoms with van der Waals surface area (Å²) in [4.78, 5) is 20.4. The molecule has 1 N–H and O–H groups in total. The molecule has 1 amide bonds. The van der Waals surface area contributed by atoms with Gasteiger partial charge in [0.1, 0.15) is 12.4 Å². The number of hydrogen-bond acceptors (Lipinski definition) is 6. The van der Waals surface area contributed by atoms with E-state index in [2.05, 4.69) is 66.3 Å². The summed E-state index contributed by atoms with van der Waals surface area (Å²) in [5, 5.41) is 2.96. The van der Waals surface area contributed by atoms with Crippen molar-refractivity contribution < 1.29 is 18.5 Å². The predicted molar refractivity (Wildman–Crippen MR) is 200 cm³/mol. The van der Waals surface area contributed by atoms with E-state index in [1.165, 1.54) is 0 Å². The first kappa shape index (κ1) is 36.1. The molecule has 1 atom stereocenters. The number of rotatable bonds is 17. The van der Waals surface area contributed by atoms with Gasteiger partial charge in [-0.1, -0.05) is 45.4 Å². The van der Waals surface area contributed by atoms with Crippen molar-refractivity contribution in [3.8, 4) is 16.9 Å². The number of carbonyl (C=O) groups is 1. The highest BCUT2D eigenvalue weighted by Crippen LogP contribution is 2.32. The minimum absolute atomic E-state index is 0.221.